The van der Waals surface area contributed by atoms with Crippen molar-refractivity contribution in [1.82, 2.24) is 9.88 Å². The number of aliphatic hydroxyl groups is 1. The average Bonchev–Trinajstić information content (AvgIpc) is 3.17. The Labute approximate surface area is 162 Å². The van der Waals surface area contributed by atoms with E-state index in [1.54, 1.807) is 18.3 Å². The molecule has 6 nitrogen and oxygen atoms in total. The van der Waals surface area contributed by atoms with Crippen molar-refractivity contribution >= 4 is 17.4 Å². The number of amides is 1. The monoisotopic (exact) mass is 382 g/mol. The number of nitrogens with zero attached hydrogens (tertiary/aromatic N) is 2. The van der Waals surface area contributed by atoms with Gasteiger partial charge < -0.3 is 21.1 Å². The number of halogens is 1. The third-order valence-electron chi connectivity index (χ3n) is 6.45. The van der Waals surface area contributed by atoms with Crippen LogP contribution in [0.25, 0.3) is 11.1 Å². The van der Waals surface area contributed by atoms with Gasteiger partial charge in [-0.25, -0.2) is 9.37 Å². The molecule has 1 spiro atoms. The quantitative estimate of drug-likeness (QED) is 0.710. The lowest BCUT2D eigenvalue weighted by Crippen LogP contribution is -2.38. The Bertz CT molecular complexity index is 973. The van der Waals surface area contributed by atoms with E-state index >= 15 is 4.39 Å². The van der Waals surface area contributed by atoms with Crippen molar-refractivity contribution in [3.63, 3.8) is 0 Å². The van der Waals surface area contributed by atoms with E-state index in [1.807, 2.05) is 6.07 Å². The maximum Gasteiger partial charge on any atom is 0.259 e. The number of nitrogen functional groups attached to an aromatic ring is 1. The Balaban J connectivity index is 1.56. The van der Waals surface area contributed by atoms with Crippen LogP contribution in [0.2, 0.25) is 0 Å². The number of carbonyl (C=O) groups is 1. The fourth-order valence-corrected chi connectivity index (χ4v) is 4.57. The predicted molar refractivity (Wildman–Crippen MR) is 105 cm³/mol. The SMILES string of the molecule is Nc1ccc(-c2cnc3c(c2)C2(CC2)CN3)c(F)c1C(=O)N1CCCC1CO. The van der Waals surface area contributed by atoms with Crippen molar-refractivity contribution in [2.24, 2.45) is 0 Å². The molecule has 3 heterocycles. The molecule has 1 aromatic carbocycles. The van der Waals surface area contributed by atoms with E-state index in [0.29, 0.717) is 24.1 Å². The highest BCUT2D eigenvalue weighted by molar-refractivity contribution is 6.01. The molecule has 1 atom stereocenters. The molecule has 1 aromatic heterocycles. The van der Waals surface area contributed by atoms with E-state index in [9.17, 15) is 9.90 Å². The minimum absolute atomic E-state index is 0.113. The van der Waals surface area contributed by atoms with Crippen LogP contribution in [-0.4, -0.2) is 46.6 Å². The Kier molecular flexibility index (Phi) is 3.84. The lowest BCUT2D eigenvalue weighted by Gasteiger charge is -2.24. The van der Waals surface area contributed by atoms with Crippen molar-refractivity contribution in [3.05, 3.63) is 41.3 Å². The number of fused-ring (bicyclic) bond motifs is 2. The van der Waals surface area contributed by atoms with Crippen LogP contribution in [-0.2, 0) is 5.41 Å². The first-order chi connectivity index (χ1) is 13.5. The minimum atomic E-state index is -0.619. The summed E-state index contributed by atoms with van der Waals surface area (Å²) in [7, 11) is 0. The fourth-order valence-electron chi connectivity index (χ4n) is 4.57. The van der Waals surface area contributed by atoms with Gasteiger partial charge in [-0.3, -0.25) is 4.79 Å². The van der Waals surface area contributed by atoms with Gasteiger partial charge in [0.25, 0.3) is 5.91 Å². The van der Waals surface area contributed by atoms with Crippen LogP contribution in [0.15, 0.2) is 24.4 Å². The zero-order chi connectivity index (χ0) is 19.5. The van der Waals surface area contributed by atoms with Crippen molar-refractivity contribution in [3.8, 4) is 11.1 Å². The number of benzene rings is 1. The Morgan fingerprint density at radius 2 is 2.25 bits per heavy atom. The number of likely N-dealkylation sites (tertiary alicyclic amines) is 1. The van der Waals surface area contributed by atoms with E-state index in [-0.39, 0.29) is 29.3 Å². The summed E-state index contributed by atoms with van der Waals surface area (Å²) in [6.07, 6.45) is 5.38. The summed E-state index contributed by atoms with van der Waals surface area (Å²) in [5, 5.41) is 12.8. The molecular formula is C21H23FN4O2. The Morgan fingerprint density at radius 3 is 3.00 bits per heavy atom. The van der Waals surface area contributed by atoms with Crippen molar-refractivity contribution < 1.29 is 14.3 Å². The summed E-state index contributed by atoms with van der Waals surface area (Å²) in [6.45, 7) is 1.25. The molecule has 7 heteroatoms. The van der Waals surface area contributed by atoms with E-state index < -0.39 is 11.7 Å². The van der Waals surface area contributed by atoms with Gasteiger partial charge in [-0.15, -0.1) is 0 Å². The predicted octanol–water partition coefficient (Wildman–Crippen LogP) is 2.52. The summed E-state index contributed by atoms with van der Waals surface area (Å²) in [5.41, 5.74) is 8.25. The third-order valence-corrected chi connectivity index (χ3v) is 6.45. The number of nitrogens with one attached hydrogen (secondary N) is 1. The zero-order valence-corrected chi connectivity index (χ0v) is 15.5. The molecule has 1 unspecified atom stereocenters. The molecule has 1 aliphatic carbocycles. The normalized spacial score (nSPS) is 21.6. The molecule has 2 fully saturated rings. The average molecular weight is 382 g/mol. The zero-order valence-electron chi connectivity index (χ0n) is 15.5. The number of anilines is 2. The molecule has 4 N–H and O–H groups in total. The van der Waals surface area contributed by atoms with Crippen LogP contribution >= 0.6 is 0 Å². The van der Waals surface area contributed by atoms with Gasteiger partial charge in [-0.1, -0.05) is 0 Å². The van der Waals surface area contributed by atoms with Crippen LogP contribution in [0.1, 0.15) is 41.6 Å². The van der Waals surface area contributed by atoms with Gasteiger partial charge in [0.1, 0.15) is 11.6 Å². The maximum atomic E-state index is 15.5. The molecule has 3 aliphatic rings. The number of nitrogens with two attached hydrogens (primary N) is 1. The number of pyridine rings is 1. The molecule has 0 radical (unpaired) electrons. The Hall–Kier alpha value is -2.67. The van der Waals surface area contributed by atoms with Crippen LogP contribution in [0.5, 0.6) is 0 Å². The second kappa shape index (κ2) is 6.17. The molecule has 146 valence electrons. The molecule has 5 rings (SSSR count). The van der Waals surface area contributed by atoms with Crippen molar-refractivity contribution in [2.75, 3.05) is 30.7 Å². The van der Waals surface area contributed by atoms with Gasteiger partial charge >= 0.3 is 0 Å². The first-order valence-electron chi connectivity index (χ1n) is 9.79. The second-order valence-corrected chi connectivity index (χ2v) is 8.12. The lowest BCUT2D eigenvalue weighted by atomic mass is 9.95. The molecule has 28 heavy (non-hydrogen) atoms. The summed E-state index contributed by atoms with van der Waals surface area (Å²) in [4.78, 5) is 19.0. The van der Waals surface area contributed by atoms with Crippen LogP contribution in [0.3, 0.4) is 0 Å². The van der Waals surface area contributed by atoms with Crippen molar-refractivity contribution in [1.29, 1.82) is 0 Å². The Morgan fingerprint density at radius 1 is 1.43 bits per heavy atom. The molecule has 0 bridgehead atoms. The molecule has 1 amide bonds. The van der Waals surface area contributed by atoms with Gasteiger partial charge in [0.15, 0.2) is 0 Å². The molecule has 1 saturated heterocycles. The molecule has 1 saturated carbocycles. The highest BCUT2D eigenvalue weighted by atomic mass is 19.1. The van der Waals surface area contributed by atoms with E-state index in [4.69, 9.17) is 5.73 Å². The number of aliphatic hydroxyl groups excluding tert-OH is 1. The summed E-state index contributed by atoms with van der Waals surface area (Å²) in [5.74, 6) is -0.203. The van der Waals surface area contributed by atoms with E-state index in [2.05, 4.69) is 10.3 Å². The van der Waals surface area contributed by atoms with Gasteiger partial charge in [0.05, 0.1) is 18.2 Å². The highest BCUT2D eigenvalue weighted by Crippen LogP contribution is 2.54. The lowest BCUT2D eigenvalue weighted by molar-refractivity contribution is 0.0674. The van der Waals surface area contributed by atoms with Gasteiger partial charge in [0.2, 0.25) is 0 Å². The largest absolute Gasteiger partial charge is 0.398 e. The van der Waals surface area contributed by atoms with Crippen LogP contribution in [0, 0.1) is 5.82 Å². The van der Waals surface area contributed by atoms with Gasteiger partial charge in [-0.05, 0) is 43.9 Å². The fraction of sp³-hybridized carbons (Fsp3) is 0.429. The molecular weight excluding hydrogens is 359 g/mol. The smallest absolute Gasteiger partial charge is 0.259 e. The first kappa shape index (κ1) is 17.4. The van der Waals surface area contributed by atoms with Crippen molar-refractivity contribution in [2.45, 2.75) is 37.1 Å². The standard InChI is InChI=1S/C21H23FN4O2/c22-18-14(12-8-15-19(24-9-12)25-11-21(15)5-6-21)3-4-16(23)17(18)20(28)26-7-1-2-13(26)10-27/h3-4,8-9,13,27H,1-2,5-7,10-11,23H2,(H,24,25). The minimum Gasteiger partial charge on any atom is -0.398 e. The first-order valence-corrected chi connectivity index (χ1v) is 9.79. The van der Waals surface area contributed by atoms with Crippen LogP contribution in [0.4, 0.5) is 15.9 Å². The number of carbonyl (C=O) groups excluding carboxylic acids is 1. The third kappa shape index (κ3) is 2.49. The number of aromatic nitrogens is 1. The second-order valence-electron chi connectivity index (χ2n) is 8.12. The maximum absolute atomic E-state index is 15.5. The number of hydrogen-bond donors (Lipinski definition) is 3. The molecule has 2 aromatic rings. The van der Waals surface area contributed by atoms with Crippen LogP contribution < -0.4 is 11.1 Å². The summed E-state index contributed by atoms with van der Waals surface area (Å²) < 4.78 is 15.5. The summed E-state index contributed by atoms with van der Waals surface area (Å²) in [6, 6.07) is 4.90. The van der Waals surface area contributed by atoms with E-state index in [0.717, 1.165) is 37.2 Å². The number of hydrogen-bond acceptors (Lipinski definition) is 5. The van der Waals surface area contributed by atoms with Gasteiger partial charge in [0, 0.05) is 47.1 Å². The number of rotatable bonds is 3. The topological polar surface area (TPSA) is 91.5 Å². The highest BCUT2D eigenvalue weighted by Gasteiger charge is 2.49. The van der Waals surface area contributed by atoms with Gasteiger partial charge in [-0.2, -0.15) is 0 Å². The molecule has 2 aliphatic heterocycles. The van der Waals surface area contributed by atoms with E-state index in [1.165, 1.54) is 4.90 Å². The summed E-state index contributed by atoms with van der Waals surface area (Å²) >= 11 is 0.